The van der Waals surface area contributed by atoms with Gasteiger partial charge in [0.1, 0.15) is 17.5 Å². The quantitative estimate of drug-likeness (QED) is 0.819. The maximum Gasteiger partial charge on any atom is 0.303 e. The number of rotatable bonds is 6. The second-order valence-corrected chi connectivity index (χ2v) is 4.44. The van der Waals surface area contributed by atoms with E-state index in [2.05, 4.69) is 9.97 Å². The zero-order chi connectivity index (χ0) is 13.7. The summed E-state index contributed by atoms with van der Waals surface area (Å²) in [6.07, 6.45) is 0.779. The Morgan fingerprint density at radius 1 is 1.28 bits per heavy atom. The number of anilines is 2. The number of hydrogen-bond acceptors (Lipinski definition) is 5. The molecule has 0 aliphatic carbocycles. The fraction of sp³-hybridized carbons (Fsp3) is 0.583. The van der Waals surface area contributed by atoms with E-state index in [-0.39, 0.29) is 6.42 Å². The number of carboxylic acid groups (broad SMARTS) is 1. The van der Waals surface area contributed by atoms with Crippen LogP contribution in [0, 0.1) is 6.92 Å². The molecular weight excluding hydrogens is 232 g/mol. The number of aryl methyl sites for hydroxylation is 1. The van der Waals surface area contributed by atoms with E-state index in [1.54, 1.807) is 0 Å². The number of aromatic nitrogens is 2. The lowest BCUT2D eigenvalue weighted by molar-refractivity contribution is -0.137. The summed E-state index contributed by atoms with van der Waals surface area (Å²) < 4.78 is 0. The second kappa shape index (κ2) is 6.18. The molecular formula is C12H20N4O2. The average Bonchev–Trinajstić information content (AvgIpc) is 2.27. The first-order chi connectivity index (χ1) is 8.40. The van der Waals surface area contributed by atoms with Crippen molar-refractivity contribution in [3.8, 4) is 0 Å². The van der Waals surface area contributed by atoms with E-state index >= 15 is 0 Å². The minimum absolute atomic E-state index is 0.176. The van der Waals surface area contributed by atoms with Gasteiger partial charge in [-0.2, -0.15) is 0 Å². The van der Waals surface area contributed by atoms with Crippen molar-refractivity contribution in [3.05, 3.63) is 11.9 Å². The highest BCUT2D eigenvalue weighted by molar-refractivity contribution is 5.66. The topological polar surface area (TPSA) is 69.6 Å². The Morgan fingerprint density at radius 3 is 2.44 bits per heavy atom. The van der Waals surface area contributed by atoms with Crippen LogP contribution in [0.5, 0.6) is 0 Å². The lowest BCUT2D eigenvalue weighted by atomic mass is 10.3. The fourth-order valence-electron chi connectivity index (χ4n) is 1.54. The normalized spacial score (nSPS) is 10.2. The zero-order valence-electron chi connectivity index (χ0n) is 11.3. The summed E-state index contributed by atoms with van der Waals surface area (Å²) in [5.74, 6) is 1.61. The van der Waals surface area contributed by atoms with Crippen molar-refractivity contribution < 1.29 is 9.90 Å². The Kier molecular flexibility index (Phi) is 4.88. The summed E-state index contributed by atoms with van der Waals surface area (Å²) in [6.45, 7) is 2.51. The molecule has 1 aromatic rings. The highest BCUT2D eigenvalue weighted by atomic mass is 16.4. The van der Waals surface area contributed by atoms with Crippen molar-refractivity contribution in [2.75, 3.05) is 37.5 Å². The molecule has 6 heteroatoms. The van der Waals surface area contributed by atoms with Gasteiger partial charge in [0.15, 0.2) is 0 Å². The van der Waals surface area contributed by atoms with Crippen LogP contribution < -0.4 is 9.80 Å². The number of hydrogen-bond donors (Lipinski definition) is 1. The molecule has 1 aromatic heterocycles. The van der Waals surface area contributed by atoms with E-state index < -0.39 is 5.97 Å². The molecule has 0 aliphatic rings. The van der Waals surface area contributed by atoms with E-state index in [0.717, 1.165) is 11.6 Å². The molecule has 1 rings (SSSR count). The summed E-state index contributed by atoms with van der Waals surface area (Å²) in [6, 6.07) is 1.90. The molecule has 0 fully saturated rings. The van der Waals surface area contributed by atoms with Gasteiger partial charge in [0.25, 0.3) is 0 Å². The van der Waals surface area contributed by atoms with E-state index in [9.17, 15) is 4.79 Å². The van der Waals surface area contributed by atoms with Gasteiger partial charge in [-0.3, -0.25) is 4.79 Å². The molecule has 18 heavy (non-hydrogen) atoms. The van der Waals surface area contributed by atoms with E-state index in [1.807, 2.05) is 43.9 Å². The predicted molar refractivity (Wildman–Crippen MR) is 71.2 cm³/mol. The highest BCUT2D eigenvalue weighted by Gasteiger charge is 2.08. The first kappa shape index (κ1) is 14.2. The van der Waals surface area contributed by atoms with Crippen molar-refractivity contribution in [2.24, 2.45) is 0 Å². The summed E-state index contributed by atoms with van der Waals surface area (Å²) >= 11 is 0. The van der Waals surface area contributed by atoms with E-state index in [4.69, 9.17) is 5.11 Å². The SMILES string of the molecule is Cc1nc(N(C)C)cc(N(C)CCCC(=O)O)n1. The smallest absolute Gasteiger partial charge is 0.303 e. The van der Waals surface area contributed by atoms with Gasteiger partial charge in [0.05, 0.1) is 0 Å². The summed E-state index contributed by atoms with van der Waals surface area (Å²) in [4.78, 5) is 23.0. The first-order valence-corrected chi connectivity index (χ1v) is 5.86. The largest absolute Gasteiger partial charge is 0.481 e. The molecule has 0 saturated heterocycles. The average molecular weight is 252 g/mol. The second-order valence-electron chi connectivity index (χ2n) is 4.44. The molecule has 0 amide bonds. The number of carbonyl (C=O) groups is 1. The molecule has 0 aliphatic heterocycles. The van der Waals surface area contributed by atoms with E-state index in [0.29, 0.717) is 18.8 Å². The minimum atomic E-state index is -0.767. The first-order valence-electron chi connectivity index (χ1n) is 5.86. The lowest BCUT2D eigenvalue weighted by Crippen LogP contribution is -2.22. The van der Waals surface area contributed by atoms with Crippen LogP contribution in [0.25, 0.3) is 0 Å². The third-order valence-electron chi connectivity index (χ3n) is 2.54. The molecule has 1 N–H and O–H groups in total. The van der Waals surface area contributed by atoms with Crippen LogP contribution >= 0.6 is 0 Å². The van der Waals surface area contributed by atoms with Gasteiger partial charge in [0.2, 0.25) is 0 Å². The van der Waals surface area contributed by atoms with Crippen LogP contribution in [0.3, 0.4) is 0 Å². The summed E-state index contributed by atoms with van der Waals surface area (Å²) in [5, 5.41) is 8.61. The van der Waals surface area contributed by atoms with Gasteiger partial charge < -0.3 is 14.9 Å². The van der Waals surface area contributed by atoms with Gasteiger partial charge in [0, 0.05) is 40.2 Å². The Morgan fingerprint density at radius 2 is 1.89 bits per heavy atom. The fourth-order valence-corrected chi connectivity index (χ4v) is 1.54. The minimum Gasteiger partial charge on any atom is -0.481 e. The number of aliphatic carboxylic acids is 1. The van der Waals surface area contributed by atoms with Crippen molar-refractivity contribution in [1.82, 2.24) is 9.97 Å². The van der Waals surface area contributed by atoms with Crippen LogP contribution in [0.15, 0.2) is 6.07 Å². The van der Waals surface area contributed by atoms with Crippen LogP contribution in [0.2, 0.25) is 0 Å². The Bertz CT molecular complexity index is 421. The molecule has 0 spiro atoms. The number of nitrogens with zero attached hydrogens (tertiary/aromatic N) is 4. The van der Waals surface area contributed by atoms with Crippen LogP contribution in [-0.2, 0) is 4.79 Å². The molecule has 100 valence electrons. The van der Waals surface area contributed by atoms with Gasteiger partial charge in [-0.25, -0.2) is 9.97 Å². The van der Waals surface area contributed by atoms with Crippen molar-refractivity contribution in [1.29, 1.82) is 0 Å². The molecule has 0 unspecified atom stereocenters. The summed E-state index contributed by atoms with van der Waals surface area (Å²) in [7, 11) is 5.76. The van der Waals surface area contributed by atoms with Crippen LogP contribution in [0.1, 0.15) is 18.7 Å². The Hall–Kier alpha value is -1.85. The molecule has 0 saturated carbocycles. The Balaban J connectivity index is 2.72. The van der Waals surface area contributed by atoms with Crippen molar-refractivity contribution in [2.45, 2.75) is 19.8 Å². The third-order valence-corrected chi connectivity index (χ3v) is 2.54. The summed E-state index contributed by atoms with van der Waals surface area (Å²) in [5.41, 5.74) is 0. The molecule has 6 nitrogen and oxygen atoms in total. The molecule has 0 aromatic carbocycles. The number of carboxylic acids is 1. The van der Waals surface area contributed by atoms with Gasteiger partial charge in [-0.05, 0) is 13.3 Å². The molecule has 0 bridgehead atoms. The maximum atomic E-state index is 10.5. The molecule has 0 atom stereocenters. The standard InChI is InChI=1S/C12H20N4O2/c1-9-13-10(15(2)3)8-11(14-9)16(4)7-5-6-12(17)18/h8H,5-7H2,1-4H3,(H,17,18). The monoisotopic (exact) mass is 252 g/mol. The van der Waals surface area contributed by atoms with Gasteiger partial charge in [-0.1, -0.05) is 0 Å². The van der Waals surface area contributed by atoms with Crippen molar-refractivity contribution >= 4 is 17.6 Å². The lowest BCUT2D eigenvalue weighted by Gasteiger charge is -2.20. The van der Waals surface area contributed by atoms with E-state index in [1.165, 1.54) is 0 Å². The predicted octanol–water partition coefficient (Wildman–Crippen LogP) is 1.15. The molecule has 1 heterocycles. The Labute approximate surface area is 107 Å². The maximum absolute atomic E-state index is 10.5. The van der Waals surface area contributed by atoms with Crippen molar-refractivity contribution in [3.63, 3.8) is 0 Å². The highest BCUT2D eigenvalue weighted by Crippen LogP contribution is 2.16. The van der Waals surface area contributed by atoms with Crippen LogP contribution in [-0.4, -0.2) is 48.7 Å². The van der Waals surface area contributed by atoms with Gasteiger partial charge in [-0.15, -0.1) is 0 Å². The van der Waals surface area contributed by atoms with Crippen LogP contribution in [0.4, 0.5) is 11.6 Å². The zero-order valence-corrected chi connectivity index (χ0v) is 11.3. The molecule has 0 radical (unpaired) electrons. The third kappa shape index (κ3) is 4.20. The van der Waals surface area contributed by atoms with Gasteiger partial charge >= 0.3 is 5.97 Å².